The van der Waals surface area contributed by atoms with Gasteiger partial charge < -0.3 is 0 Å². The van der Waals surface area contributed by atoms with E-state index in [1.54, 1.807) is 0 Å². The Labute approximate surface area is 120 Å². The third kappa shape index (κ3) is 3.61. The van der Waals surface area contributed by atoms with E-state index in [1.165, 1.54) is 23.6 Å². The van der Waals surface area contributed by atoms with E-state index in [-0.39, 0.29) is 10.5 Å². The van der Waals surface area contributed by atoms with Crippen molar-refractivity contribution in [2.45, 2.75) is 11.8 Å². The van der Waals surface area contributed by atoms with Crippen molar-refractivity contribution in [3.63, 3.8) is 0 Å². The molecule has 2 rings (SSSR count). The van der Waals surface area contributed by atoms with Gasteiger partial charge in [-0.25, -0.2) is 17.8 Å². The molecule has 1 heterocycles. The highest BCUT2D eigenvalue weighted by atomic mass is 32.2. The van der Waals surface area contributed by atoms with E-state index in [2.05, 4.69) is 15.5 Å². The number of aromatic nitrogens is 1. The van der Waals surface area contributed by atoms with Crippen molar-refractivity contribution in [1.82, 2.24) is 4.98 Å². The van der Waals surface area contributed by atoms with E-state index in [9.17, 15) is 12.8 Å². The van der Waals surface area contributed by atoms with Crippen LogP contribution in [0.15, 0.2) is 33.6 Å². The van der Waals surface area contributed by atoms with Crippen LogP contribution in [-0.2, 0) is 9.84 Å². The number of hydrogen-bond acceptors (Lipinski definition) is 6. The lowest BCUT2D eigenvalue weighted by molar-refractivity contribution is 0.600. The molecule has 0 saturated heterocycles. The lowest BCUT2D eigenvalue weighted by atomic mass is 10.2. The Morgan fingerprint density at radius 1 is 1.45 bits per heavy atom. The summed E-state index contributed by atoms with van der Waals surface area (Å²) in [6.07, 6.45) is 2.32. The summed E-state index contributed by atoms with van der Waals surface area (Å²) in [7, 11) is -3.44. The van der Waals surface area contributed by atoms with Crippen LogP contribution in [0, 0.1) is 12.7 Å². The standard InChI is InChI=1S/C12H12FN3O2S2/c1-8-7-19-12(15-8)16-14-6-9-5-10(13)3-4-11(9)20(2,17)18/h3-7H,1-2H3,(H,15,16). The molecule has 0 amide bonds. The van der Waals surface area contributed by atoms with E-state index in [4.69, 9.17) is 0 Å². The van der Waals surface area contributed by atoms with Gasteiger partial charge >= 0.3 is 0 Å². The maximum absolute atomic E-state index is 13.2. The van der Waals surface area contributed by atoms with Gasteiger partial charge in [-0.15, -0.1) is 11.3 Å². The molecule has 0 radical (unpaired) electrons. The van der Waals surface area contributed by atoms with Crippen molar-refractivity contribution in [3.8, 4) is 0 Å². The molecule has 1 aromatic heterocycles. The molecule has 0 aliphatic heterocycles. The largest absolute Gasteiger partial charge is 0.253 e. The summed E-state index contributed by atoms with van der Waals surface area (Å²) in [5, 5.41) is 6.31. The first-order chi connectivity index (χ1) is 9.36. The van der Waals surface area contributed by atoms with E-state index in [1.807, 2.05) is 12.3 Å². The SMILES string of the molecule is Cc1csc(NN=Cc2cc(F)ccc2S(C)(=O)=O)n1. The van der Waals surface area contributed by atoms with Gasteiger partial charge in [-0.3, -0.25) is 5.43 Å². The highest BCUT2D eigenvalue weighted by Gasteiger charge is 2.12. The number of halogens is 1. The van der Waals surface area contributed by atoms with Gasteiger partial charge in [-0.05, 0) is 25.1 Å². The molecule has 0 aliphatic rings. The summed E-state index contributed by atoms with van der Waals surface area (Å²) in [4.78, 5) is 4.16. The zero-order valence-corrected chi connectivity index (χ0v) is 12.4. The second-order valence-corrected chi connectivity index (χ2v) is 6.96. The summed E-state index contributed by atoms with van der Waals surface area (Å²) in [5.74, 6) is -0.524. The minimum atomic E-state index is -3.44. The molecule has 1 aromatic carbocycles. The Morgan fingerprint density at radius 2 is 2.20 bits per heavy atom. The van der Waals surface area contributed by atoms with Crippen LogP contribution in [0.25, 0.3) is 0 Å². The Balaban J connectivity index is 2.26. The third-order valence-electron chi connectivity index (χ3n) is 2.35. The van der Waals surface area contributed by atoms with Crippen molar-refractivity contribution in [2.75, 3.05) is 11.7 Å². The smallest absolute Gasteiger partial charge is 0.203 e. The first-order valence-corrected chi connectivity index (χ1v) is 8.34. The van der Waals surface area contributed by atoms with Gasteiger partial charge in [0.05, 0.1) is 16.8 Å². The topological polar surface area (TPSA) is 71.4 Å². The maximum atomic E-state index is 13.2. The lowest BCUT2D eigenvalue weighted by Gasteiger charge is -2.03. The zero-order chi connectivity index (χ0) is 14.8. The number of benzene rings is 1. The molecule has 0 aliphatic carbocycles. The molecule has 0 spiro atoms. The molecule has 0 unspecified atom stereocenters. The molecule has 5 nitrogen and oxygen atoms in total. The highest BCUT2D eigenvalue weighted by Crippen LogP contribution is 2.17. The Morgan fingerprint density at radius 3 is 2.80 bits per heavy atom. The van der Waals surface area contributed by atoms with Gasteiger partial charge in [0.2, 0.25) is 5.13 Å². The fraction of sp³-hybridized carbons (Fsp3) is 0.167. The molecule has 106 valence electrons. The Kier molecular flexibility index (Phi) is 4.15. The fourth-order valence-corrected chi connectivity index (χ4v) is 3.01. The van der Waals surface area contributed by atoms with E-state index >= 15 is 0 Å². The molecule has 0 fully saturated rings. The fourth-order valence-electron chi connectivity index (χ4n) is 1.52. The average Bonchev–Trinajstić information content (AvgIpc) is 2.73. The van der Waals surface area contributed by atoms with Crippen molar-refractivity contribution in [2.24, 2.45) is 5.10 Å². The molecule has 8 heteroatoms. The van der Waals surface area contributed by atoms with Crippen LogP contribution in [0.2, 0.25) is 0 Å². The second kappa shape index (κ2) is 5.68. The van der Waals surface area contributed by atoms with Crippen LogP contribution in [0.3, 0.4) is 0 Å². The number of nitrogens with one attached hydrogen (secondary N) is 1. The average molecular weight is 313 g/mol. The van der Waals surface area contributed by atoms with Gasteiger partial charge in [0.1, 0.15) is 5.82 Å². The minimum Gasteiger partial charge on any atom is -0.253 e. The first kappa shape index (κ1) is 14.6. The van der Waals surface area contributed by atoms with Crippen LogP contribution in [-0.4, -0.2) is 25.9 Å². The molecule has 0 atom stereocenters. The third-order valence-corrected chi connectivity index (χ3v) is 4.39. The highest BCUT2D eigenvalue weighted by molar-refractivity contribution is 7.90. The molecule has 1 N–H and O–H groups in total. The van der Waals surface area contributed by atoms with E-state index < -0.39 is 15.7 Å². The summed E-state index contributed by atoms with van der Waals surface area (Å²) >= 11 is 1.37. The number of thiazole rings is 1. The number of hydrogen-bond donors (Lipinski definition) is 1. The number of rotatable bonds is 4. The number of aryl methyl sites for hydroxylation is 1. The monoisotopic (exact) mass is 313 g/mol. The predicted molar refractivity (Wildman–Crippen MR) is 77.6 cm³/mol. The number of nitrogens with zero attached hydrogens (tertiary/aromatic N) is 2. The normalized spacial score (nSPS) is 11.9. The minimum absolute atomic E-state index is 0.0276. The molecule has 0 saturated carbocycles. The quantitative estimate of drug-likeness (QED) is 0.534. The zero-order valence-electron chi connectivity index (χ0n) is 10.8. The van der Waals surface area contributed by atoms with Crippen molar-refractivity contribution < 1.29 is 12.8 Å². The van der Waals surface area contributed by atoms with Gasteiger partial charge in [-0.1, -0.05) is 0 Å². The summed E-state index contributed by atoms with van der Waals surface area (Å²) in [6.45, 7) is 1.85. The van der Waals surface area contributed by atoms with Gasteiger partial charge in [0.25, 0.3) is 0 Å². The summed E-state index contributed by atoms with van der Waals surface area (Å²) in [5.41, 5.74) is 3.72. The van der Waals surface area contributed by atoms with Gasteiger partial charge in [-0.2, -0.15) is 5.10 Å². The van der Waals surface area contributed by atoms with Crippen molar-refractivity contribution in [1.29, 1.82) is 0 Å². The van der Waals surface area contributed by atoms with Crippen LogP contribution >= 0.6 is 11.3 Å². The van der Waals surface area contributed by atoms with Crippen molar-refractivity contribution in [3.05, 3.63) is 40.7 Å². The van der Waals surface area contributed by atoms with Crippen molar-refractivity contribution >= 4 is 32.5 Å². The molecular weight excluding hydrogens is 301 g/mol. The maximum Gasteiger partial charge on any atom is 0.203 e. The summed E-state index contributed by atoms with van der Waals surface area (Å²) < 4.78 is 36.4. The molecule has 2 aromatic rings. The molecule has 0 bridgehead atoms. The number of hydrazone groups is 1. The van der Waals surface area contributed by atoms with Crippen LogP contribution < -0.4 is 5.43 Å². The summed E-state index contributed by atoms with van der Waals surface area (Å²) in [6, 6.07) is 3.44. The number of anilines is 1. The second-order valence-electron chi connectivity index (χ2n) is 4.12. The van der Waals surface area contributed by atoms with Crippen LogP contribution in [0.5, 0.6) is 0 Å². The Bertz CT molecular complexity index is 754. The van der Waals surface area contributed by atoms with E-state index in [0.29, 0.717) is 5.13 Å². The van der Waals surface area contributed by atoms with Crippen LogP contribution in [0.1, 0.15) is 11.3 Å². The Hall–Kier alpha value is -1.80. The lowest BCUT2D eigenvalue weighted by Crippen LogP contribution is -2.03. The van der Waals surface area contributed by atoms with Crippen LogP contribution in [0.4, 0.5) is 9.52 Å². The molecular formula is C12H12FN3O2S2. The predicted octanol–water partition coefficient (Wildman–Crippen LogP) is 2.44. The van der Waals surface area contributed by atoms with E-state index in [0.717, 1.165) is 24.1 Å². The first-order valence-electron chi connectivity index (χ1n) is 5.57. The van der Waals surface area contributed by atoms with Gasteiger partial charge in [0, 0.05) is 17.2 Å². The molecule has 20 heavy (non-hydrogen) atoms. The number of sulfone groups is 1. The van der Waals surface area contributed by atoms with Gasteiger partial charge in [0.15, 0.2) is 9.84 Å².